The highest BCUT2D eigenvalue weighted by Crippen LogP contribution is 2.31. The summed E-state index contributed by atoms with van der Waals surface area (Å²) in [5, 5.41) is 15.1. The molecule has 1 aromatic heterocycles. The van der Waals surface area contributed by atoms with E-state index in [1.807, 2.05) is 41.8 Å². The van der Waals surface area contributed by atoms with Crippen molar-refractivity contribution in [3.05, 3.63) is 57.8 Å². The van der Waals surface area contributed by atoms with Gasteiger partial charge in [-0.15, -0.1) is 11.3 Å². The molecule has 0 unspecified atom stereocenters. The minimum Gasteiger partial charge on any atom is -0.390 e. The fourth-order valence-corrected chi connectivity index (χ4v) is 3.39. The van der Waals surface area contributed by atoms with E-state index in [2.05, 4.69) is 5.32 Å². The normalized spacial score (nSPS) is 20.6. The van der Waals surface area contributed by atoms with Gasteiger partial charge in [-0.1, -0.05) is 30.3 Å². The van der Waals surface area contributed by atoms with Gasteiger partial charge in [-0.2, -0.15) is 0 Å². The minimum absolute atomic E-state index is 0.000784. The molecule has 1 aromatic carbocycles. The Hall–Kier alpha value is -1.65. The lowest BCUT2D eigenvalue weighted by atomic mass is 10.1. The lowest BCUT2D eigenvalue weighted by Gasteiger charge is -2.17. The lowest BCUT2D eigenvalue weighted by Crippen LogP contribution is -2.33. The van der Waals surface area contributed by atoms with Gasteiger partial charge in [0.25, 0.3) is 0 Å². The monoisotopic (exact) mass is 287 g/mol. The lowest BCUT2D eigenvalue weighted by molar-refractivity contribution is -0.122. The maximum absolute atomic E-state index is 12.0. The van der Waals surface area contributed by atoms with Crippen molar-refractivity contribution in [1.82, 2.24) is 5.32 Å². The van der Waals surface area contributed by atoms with Gasteiger partial charge in [-0.05, 0) is 29.0 Å². The van der Waals surface area contributed by atoms with Crippen molar-refractivity contribution < 1.29 is 9.90 Å². The molecule has 0 radical (unpaired) electrons. The van der Waals surface area contributed by atoms with E-state index < -0.39 is 6.10 Å². The van der Waals surface area contributed by atoms with Gasteiger partial charge in [0.15, 0.2) is 0 Å². The topological polar surface area (TPSA) is 49.3 Å². The summed E-state index contributed by atoms with van der Waals surface area (Å²) in [6, 6.07) is 11.7. The average molecular weight is 287 g/mol. The van der Waals surface area contributed by atoms with Crippen LogP contribution in [0.15, 0.2) is 41.8 Å². The maximum Gasteiger partial charge on any atom is 0.220 e. The summed E-state index contributed by atoms with van der Waals surface area (Å²) in [4.78, 5) is 13.2. The number of nitrogens with one attached hydrogen (secondary N) is 1. The zero-order valence-corrected chi connectivity index (χ0v) is 11.9. The van der Waals surface area contributed by atoms with Crippen LogP contribution in [0.4, 0.5) is 0 Å². The third kappa shape index (κ3) is 2.76. The van der Waals surface area contributed by atoms with Crippen LogP contribution in [0.25, 0.3) is 0 Å². The second kappa shape index (κ2) is 5.77. The van der Waals surface area contributed by atoms with Crippen LogP contribution in [0.3, 0.4) is 0 Å². The van der Waals surface area contributed by atoms with Crippen molar-refractivity contribution in [1.29, 1.82) is 0 Å². The molecule has 0 saturated carbocycles. The fourth-order valence-electron chi connectivity index (χ4n) is 2.69. The summed E-state index contributed by atoms with van der Waals surface area (Å²) in [7, 11) is 0. The molecule has 1 amide bonds. The Bertz CT molecular complexity index is 594. The van der Waals surface area contributed by atoms with Crippen molar-refractivity contribution in [2.75, 3.05) is 0 Å². The molecular weight excluding hydrogens is 270 g/mol. The van der Waals surface area contributed by atoms with Gasteiger partial charge < -0.3 is 10.4 Å². The number of hydrogen-bond donors (Lipinski definition) is 2. The Kier molecular flexibility index (Phi) is 3.85. The molecule has 1 heterocycles. The van der Waals surface area contributed by atoms with Gasteiger partial charge in [-0.3, -0.25) is 4.79 Å². The summed E-state index contributed by atoms with van der Waals surface area (Å²) in [6.07, 6.45) is 1.32. The Labute approximate surface area is 122 Å². The number of carbonyl (C=O) groups excluding carboxylic acids is 1. The Morgan fingerprint density at radius 1 is 1.30 bits per heavy atom. The predicted octanol–water partition coefficient (Wildman–Crippen LogP) is 2.46. The molecule has 1 aliphatic carbocycles. The SMILES string of the molecule is O=C(CCc1cccs1)N[C@@H]1c2ccccc2C[C@@H]1O. The number of amides is 1. The molecule has 0 fully saturated rings. The van der Waals surface area contributed by atoms with E-state index >= 15 is 0 Å². The largest absolute Gasteiger partial charge is 0.390 e. The highest BCUT2D eigenvalue weighted by molar-refractivity contribution is 7.09. The van der Waals surface area contributed by atoms with Crippen molar-refractivity contribution >= 4 is 17.2 Å². The Morgan fingerprint density at radius 3 is 2.95 bits per heavy atom. The molecule has 2 atom stereocenters. The fraction of sp³-hybridized carbons (Fsp3) is 0.312. The highest BCUT2D eigenvalue weighted by atomic mass is 32.1. The van der Waals surface area contributed by atoms with Crippen LogP contribution in [-0.2, 0) is 17.6 Å². The number of thiophene rings is 1. The second-order valence-electron chi connectivity index (χ2n) is 5.09. The van der Waals surface area contributed by atoms with E-state index in [0.29, 0.717) is 12.8 Å². The Morgan fingerprint density at radius 2 is 2.15 bits per heavy atom. The van der Waals surface area contributed by atoms with Gasteiger partial charge in [0.05, 0.1) is 12.1 Å². The van der Waals surface area contributed by atoms with Gasteiger partial charge in [0.1, 0.15) is 0 Å². The van der Waals surface area contributed by atoms with E-state index in [1.165, 1.54) is 4.88 Å². The summed E-state index contributed by atoms with van der Waals surface area (Å²) < 4.78 is 0. The van der Waals surface area contributed by atoms with Gasteiger partial charge >= 0.3 is 0 Å². The van der Waals surface area contributed by atoms with Crippen molar-refractivity contribution in [2.24, 2.45) is 0 Å². The zero-order chi connectivity index (χ0) is 13.9. The summed E-state index contributed by atoms with van der Waals surface area (Å²) in [6.45, 7) is 0. The molecule has 0 saturated heterocycles. The molecule has 20 heavy (non-hydrogen) atoms. The minimum atomic E-state index is -0.516. The number of aliphatic hydroxyl groups is 1. The number of fused-ring (bicyclic) bond motifs is 1. The first-order chi connectivity index (χ1) is 9.74. The van der Waals surface area contributed by atoms with E-state index in [-0.39, 0.29) is 11.9 Å². The molecule has 4 heteroatoms. The molecule has 3 rings (SSSR count). The number of hydrogen-bond acceptors (Lipinski definition) is 3. The van der Waals surface area contributed by atoms with E-state index in [1.54, 1.807) is 11.3 Å². The molecule has 2 N–H and O–H groups in total. The molecule has 2 aromatic rings. The molecule has 0 spiro atoms. The quantitative estimate of drug-likeness (QED) is 0.907. The Balaban J connectivity index is 1.61. The maximum atomic E-state index is 12.0. The smallest absolute Gasteiger partial charge is 0.220 e. The molecule has 0 aliphatic heterocycles. The summed E-state index contributed by atoms with van der Waals surface area (Å²) in [5.74, 6) is -0.000784. The standard InChI is InChI=1S/C16H17NO2S/c18-14-10-11-4-1-2-6-13(11)16(14)17-15(19)8-7-12-5-3-9-20-12/h1-6,9,14,16,18H,7-8,10H2,(H,17,19)/t14-,16+/m0/s1. The number of aliphatic hydroxyl groups excluding tert-OH is 1. The van der Waals surface area contributed by atoms with E-state index in [4.69, 9.17) is 0 Å². The molecular formula is C16H17NO2S. The van der Waals surface area contributed by atoms with Gasteiger partial charge in [-0.25, -0.2) is 0 Å². The van der Waals surface area contributed by atoms with Crippen LogP contribution in [0.5, 0.6) is 0 Å². The van der Waals surface area contributed by atoms with Crippen LogP contribution < -0.4 is 5.32 Å². The van der Waals surface area contributed by atoms with Crippen LogP contribution in [0, 0.1) is 0 Å². The second-order valence-corrected chi connectivity index (χ2v) is 6.13. The highest BCUT2D eigenvalue weighted by Gasteiger charge is 2.31. The van der Waals surface area contributed by atoms with Crippen LogP contribution >= 0.6 is 11.3 Å². The summed E-state index contributed by atoms with van der Waals surface area (Å²) in [5.41, 5.74) is 2.17. The molecule has 1 aliphatic rings. The first-order valence-corrected chi connectivity index (χ1v) is 7.69. The van der Waals surface area contributed by atoms with Gasteiger partial charge in [0.2, 0.25) is 5.91 Å². The van der Waals surface area contributed by atoms with Crippen molar-refractivity contribution in [3.63, 3.8) is 0 Å². The molecule has 104 valence electrons. The number of benzene rings is 1. The average Bonchev–Trinajstić information content (AvgIpc) is 3.06. The van der Waals surface area contributed by atoms with E-state index in [0.717, 1.165) is 17.5 Å². The van der Waals surface area contributed by atoms with Crippen LogP contribution in [-0.4, -0.2) is 17.1 Å². The van der Waals surface area contributed by atoms with Crippen molar-refractivity contribution in [3.8, 4) is 0 Å². The first-order valence-electron chi connectivity index (χ1n) is 6.81. The third-order valence-electron chi connectivity index (χ3n) is 3.70. The summed E-state index contributed by atoms with van der Waals surface area (Å²) >= 11 is 1.67. The third-order valence-corrected chi connectivity index (χ3v) is 4.64. The van der Waals surface area contributed by atoms with Crippen molar-refractivity contribution in [2.45, 2.75) is 31.4 Å². The first kappa shape index (κ1) is 13.3. The molecule has 3 nitrogen and oxygen atoms in total. The van der Waals surface area contributed by atoms with Crippen LogP contribution in [0.2, 0.25) is 0 Å². The predicted molar refractivity (Wildman–Crippen MR) is 79.7 cm³/mol. The number of rotatable bonds is 4. The number of aryl methyl sites for hydroxylation is 1. The number of carbonyl (C=O) groups is 1. The zero-order valence-electron chi connectivity index (χ0n) is 11.1. The van der Waals surface area contributed by atoms with Crippen LogP contribution in [0.1, 0.15) is 28.5 Å². The molecule has 0 bridgehead atoms. The van der Waals surface area contributed by atoms with Gasteiger partial charge in [0, 0.05) is 17.7 Å². The van der Waals surface area contributed by atoms with E-state index in [9.17, 15) is 9.90 Å².